The SMILES string of the molecule is O=C(c1ccco1)N1CCCN(C(=O)c2ccccc2O)CC1. The van der Waals surface area contributed by atoms with Crippen LogP contribution in [0.1, 0.15) is 27.3 Å². The van der Waals surface area contributed by atoms with Crippen molar-refractivity contribution >= 4 is 11.8 Å². The van der Waals surface area contributed by atoms with E-state index in [2.05, 4.69) is 0 Å². The maximum absolute atomic E-state index is 12.5. The molecule has 120 valence electrons. The minimum absolute atomic E-state index is 0.0229. The number of hydrogen-bond donors (Lipinski definition) is 1. The van der Waals surface area contributed by atoms with Gasteiger partial charge in [-0.05, 0) is 30.7 Å². The van der Waals surface area contributed by atoms with Crippen molar-refractivity contribution in [2.75, 3.05) is 26.2 Å². The zero-order chi connectivity index (χ0) is 16.2. The Morgan fingerprint density at radius 1 is 0.913 bits per heavy atom. The number of aromatic hydroxyl groups is 1. The van der Waals surface area contributed by atoms with Gasteiger partial charge in [-0.2, -0.15) is 0 Å². The molecule has 1 fully saturated rings. The Bertz CT molecular complexity index is 696. The predicted molar refractivity (Wildman–Crippen MR) is 83.2 cm³/mol. The first-order chi connectivity index (χ1) is 11.2. The Labute approximate surface area is 133 Å². The highest BCUT2D eigenvalue weighted by atomic mass is 16.3. The Kier molecular flexibility index (Phi) is 4.32. The topological polar surface area (TPSA) is 74.0 Å². The quantitative estimate of drug-likeness (QED) is 0.920. The van der Waals surface area contributed by atoms with E-state index in [-0.39, 0.29) is 17.6 Å². The van der Waals surface area contributed by atoms with Crippen LogP contribution >= 0.6 is 0 Å². The van der Waals surface area contributed by atoms with Gasteiger partial charge in [0.15, 0.2) is 5.76 Å². The Morgan fingerprint density at radius 2 is 1.61 bits per heavy atom. The Balaban J connectivity index is 1.68. The average Bonchev–Trinajstić information content (AvgIpc) is 2.98. The van der Waals surface area contributed by atoms with Crippen molar-refractivity contribution in [3.63, 3.8) is 0 Å². The number of para-hydroxylation sites is 1. The highest BCUT2D eigenvalue weighted by molar-refractivity contribution is 5.97. The molecule has 2 heterocycles. The van der Waals surface area contributed by atoms with Gasteiger partial charge in [0, 0.05) is 26.2 Å². The summed E-state index contributed by atoms with van der Waals surface area (Å²) in [6.45, 7) is 2.00. The molecule has 1 N–H and O–H groups in total. The molecule has 0 bridgehead atoms. The number of phenolic OH excluding ortho intramolecular Hbond substituents is 1. The van der Waals surface area contributed by atoms with E-state index in [4.69, 9.17) is 4.42 Å². The molecule has 6 heteroatoms. The molecule has 0 radical (unpaired) electrons. The van der Waals surface area contributed by atoms with Gasteiger partial charge in [-0.25, -0.2) is 0 Å². The standard InChI is InChI=1S/C17H18N2O4/c20-14-6-2-1-5-13(14)16(21)18-8-4-9-19(11-10-18)17(22)15-7-3-12-23-15/h1-3,5-7,12,20H,4,8-11H2. The third-order valence-electron chi connectivity index (χ3n) is 3.94. The van der Waals surface area contributed by atoms with Crippen molar-refractivity contribution in [2.24, 2.45) is 0 Å². The normalized spacial score (nSPS) is 15.3. The largest absolute Gasteiger partial charge is 0.507 e. The molecule has 1 saturated heterocycles. The van der Waals surface area contributed by atoms with Gasteiger partial charge in [0.25, 0.3) is 11.8 Å². The second-order valence-electron chi connectivity index (χ2n) is 5.43. The number of amides is 2. The smallest absolute Gasteiger partial charge is 0.289 e. The lowest BCUT2D eigenvalue weighted by molar-refractivity contribution is 0.0699. The van der Waals surface area contributed by atoms with Crippen LogP contribution in [0.5, 0.6) is 5.75 Å². The summed E-state index contributed by atoms with van der Waals surface area (Å²) in [6, 6.07) is 9.82. The van der Waals surface area contributed by atoms with Crippen molar-refractivity contribution in [3.05, 3.63) is 54.0 Å². The Hall–Kier alpha value is -2.76. The van der Waals surface area contributed by atoms with Crippen molar-refractivity contribution in [1.82, 2.24) is 9.80 Å². The summed E-state index contributed by atoms with van der Waals surface area (Å²) < 4.78 is 5.14. The van der Waals surface area contributed by atoms with Crippen LogP contribution in [0.3, 0.4) is 0 Å². The van der Waals surface area contributed by atoms with E-state index in [1.165, 1.54) is 12.3 Å². The minimum Gasteiger partial charge on any atom is -0.507 e. The number of furan rings is 1. The molecule has 2 amide bonds. The van der Waals surface area contributed by atoms with Crippen molar-refractivity contribution in [2.45, 2.75) is 6.42 Å². The van der Waals surface area contributed by atoms with Crippen LogP contribution in [-0.4, -0.2) is 52.9 Å². The number of rotatable bonds is 2. The maximum atomic E-state index is 12.5. The van der Waals surface area contributed by atoms with Crippen molar-refractivity contribution < 1.29 is 19.1 Å². The molecule has 0 spiro atoms. The molecule has 1 aromatic carbocycles. The predicted octanol–water partition coefficient (Wildman–Crippen LogP) is 1.97. The molecule has 1 aliphatic rings. The number of benzene rings is 1. The summed E-state index contributed by atoms with van der Waals surface area (Å²) in [5.41, 5.74) is 0.290. The molecule has 6 nitrogen and oxygen atoms in total. The van der Waals surface area contributed by atoms with Crippen LogP contribution in [0.15, 0.2) is 47.1 Å². The van der Waals surface area contributed by atoms with E-state index in [1.54, 1.807) is 40.1 Å². The molecule has 0 unspecified atom stereocenters. The van der Waals surface area contributed by atoms with Gasteiger partial charge >= 0.3 is 0 Å². The zero-order valence-corrected chi connectivity index (χ0v) is 12.6. The van der Waals surface area contributed by atoms with Crippen molar-refractivity contribution in [3.8, 4) is 5.75 Å². The van der Waals surface area contributed by atoms with Crippen LogP contribution in [-0.2, 0) is 0 Å². The summed E-state index contributed by atoms with van der Waals surface area (Å²) in [6.07, 6.45) is 2.16. The highest BCUT2D eigenvalue weighted by Crippen LogP contribution is 2.19. The number of phenols is 1. The van der Waals surface area contributed by atoms with E-state index in [9.17, 15) is 14.7 Å². The lowest BCUT2D eigenvalue weighted by Crippen LogP contribution is -2.37. The van der Waals surface area contributed by atoms with Gasteiger partial charge < -0.3 is 19.3 Å². The van der Waals surface area contributed by atoms with Gasteiger partial charge in [0.2, 0.25) is 0 Å². The van der Waals surface area contributed by atoms with Crippen LogP contribution in [0.4, 0.5) is 0 Å². The lowest BCUT2D eigenvalue weighted by atomic mass is 10.1. The summed E-state index contributed by atoms with van der Waals surface area (Å²) in [5.74, 6) is -0.0852. The fourth-order valence-electron chi connectivity index (χ4n) is 2.70. The van der Waals surface area contributed by atoms with E-state index in [0.717, 1.165) is 0 Å². The first-order valence-corrected chi connectivity index (χ1v) is 7.57. The molecular formula is C17H18N2O4. The van der Waals surface area contributed by atoms with Gasteiger partial charge in [-0.1, -0.05) is 12.1 Å². The third kappa shape index (κ3) is 3.21. The lowest BCUT2D eigenvalue weighted by Gasteiger charge is -2.22. The van der Waals surface area contributed by atoms with Crippen LogP contribution in [0, 0.1) is 0 Å². The fourth-order valence-corrected chi connectivity index (χ4v) is 2.70. The first kappa shape index (κ1) is 15.1. The highest BCUT2D eigenvalue weighted by Gasteiger charge is 2.25. The van der Waals surface area contributed by atoms with E-state index < -0.39 is 0 Å². The second kappa shape index (κ2) is 6.56. The first-order valence-electron chi connectivity index (χ1n) is 7.57. The summed E-state index contributed by atoms with van der Waals surface area (Å²) >= 11 is 0. The Morgan fingerprint density at radius 3 is 2.26 bits per heavy atom. The van der Waals surface area contributed by atoms with Gasteiger partial charge in [0.05, 0.1) is 11.8 Å². The number of carbonyl (C=O) groups is 2. The molecule has 23 heavy (non-hydrogen) atoms. The summed E-state index contributed by atoms with van der Waals surface area (Å²) in [7, 11) is 0. The minimum atomic E-state index is -0.213. The van der Waals surface area contributed by atoms with Gasteiger partial charge in [-0.15, -0.1) is 0 Å². The average molecular weight is 314 g/mol. The molecular weight excluding hydrogens is 296 g/mol. The zero-order valence-electron chi connectivity index (χ0n) is 12.6. The van der Waals surface area contributed by atoms with E-state index >= 15 is 0 Å². The van der Waals surface area contributed by atoms with E-state index in [0.29, 0.717) is 43.9 Å². The monoisotopic (exact) mass is 314 g/mol. The van der Waals surface area contributed by atoms with Crippen LogP contribution in [0.2, 0.25) is 0 Å². The number of nitrogens with zero attached hydrogens (tertiary/aromatic N) is 2. The molecule has 0 atom stereocenters. The molecule has 0 saturated carbocycles. The van der Waals surface area contributed by atoms with Crippen molar-refractivity contribution in [1.29, 1.82) is 0 Å². The molecule has 0 aliphatic carbocycles. The van der Waals surface area contributed by atoms with Crippen LogP contribution < -0.4 is 0 Å². The maximum Gasteiger partial charge on any atom is 0.289 e. The number of carbonyl (C=O) groups excluding carboxylic acids is 2. The third-order valence-corrected chi connectivity index (χ3v) is 3.94. The molecule has 1 aromatic heterocycles. The fraction of sp³-hybridized carbons (Fsp3) is 0.294. The molecule has 3 rings (SSSR count). The van der Waals surface area contributed by atoms with E-state index in [1.807, 2.05) is 0 Å². The van der Waals surface area contributed by atoms with Crippen LogP contribution in [0.25, 0.3) is 0 Å². The molecule has 2 aromatic rings. The van der Waals surface area contributed by atoms with Gasteiger partial charge in [-0.3, -0.25) is 9.59 Å². The molecule has 1 aliphatic heterocycles. The number of hydrogen-bond acceptors (Lipinski definition) is 4. The summed E-state index contributed by atoms with van der Waals surface area (Å²) in [5, 5.41) is 9.82. The van der Waals surface area contributed by atoms with Gasteiger partial charge in [0.1, 0.15) is 5.75 Å². The summed E-state index contributed by atoms with van der Waals surface area (Å²) in [4.78, 5) is 28.2. The second-order valence-corrected chi connectivity index (χ2v) is 5.43.